The fraction of sp³-hybridized carbons (Fsp3) is 0.974. The van der Waals surface area contributed by atoms with Crippen LogP contribution < -0.4 is 5.11 Å². The number of aliphatic carboxylic acids is 1. The zero-order valence-electron chi connectivity index (χ0n) is 29.2. The van der Waals surface area contributed by atoms with Crippen LogP contribution in [-0.2, 0) is 4.79 Å². The van der Waals surface area contributed by atoms with Crippen molar-refractivity contribution in [1.82, 2.24) is 0 Å². The summed E-state index contributed by atoms with van der Waals surface area (Å²) in [6.07, 6.45) is 44.6. The SMILES string of the molecule is CC(=O)[O-].CCCCCCCCCCCC[Si+](CCCCCCCCCCCC)CCCCCCCCCCCC. The zero-order chi connectivity index (χ0) is 30.5. The van der Waals surface area contributed by atoms with Gasteiger partial charge >= 0.3 is 8.80 Å². The second-order valence-corrected chi connectivity index (χ2v) is 16.0. The van der Waals surface area contributed by atoms with E-state index < -0.39 is 5.97 Å². The Balaban J connectivity index is 0. The van der Waals surface area contributed by atoms with Gasteiger partial charge in [0, 0.05) is 5.97 Å². The van der Waals surface area contributed by atoms with Crippen LogP contribution in [-0.4, -0.2) is 14.8 Å². The molecule has 0 N–H and O–H groups in total. The maximum absolute atomic E-state index is 8.89. The van der Waals surface area contributed by atoms with Crippen molar-refractivity contribution in [1.29, 1.82) is 0 Å². The molecule has 0 rings (SSSR count). The minimum absolute atomic E-state index is 0.0662. The lowest BCUT2D eigenvalue weighted by molar-refractivity contribution is -0.302. The van der Waals surface area contributed by atoms with Gasteiger partial charge in [0.1, 0.15) is 0 Å². The Morgan fingerprint density at radius 3 is 0.683 bits per heavy atom. The van der Waals surface area contributed by atoms with Crippen LogP contribution in [0.15, 0.2) is 0 Å². The van der Waals surface area contributed by atoms with Gasteiger partial charge < -0.3 is 9.90 Å². The van der Waals surface area contributed by atoms with E-state index in [0.717, 1.165) is 6.92 Å². The highest BCUT2D eigenvalue weighted by Gasteiger charge is 2.24. The Labute approximate surface area is 262 Å². The molecule has 0 bridgehead atoms. The summed E-state index contributed by atoms with van der Waals surface area (Å²) in [6.45, 7) is 7.94. The van der Waals surface area contributed by atoms with E-state index in [1.807, 2.05) is 0 Å². The molecule has 3 heteroatoms. The van der Waals surface area contributed by atoms with E-state index in [2.05, 4.69) is 20.8 Å². The Morgan fingerprint density at radius 2 is 0.512 bits per heavy atom. The molecule has 0 aliphatic rings. The largest absolute Gasteiger partial charge is 0.550 e. The van der Waals surface area contributed by atoms with Crippen LogP contribution in [0.2, 0.25) is 18.1 Å². The quantitative estimate of drug-likeness (QED) is 0.0560. The Kier molecular flexibility index (Phi) is 41.4. The molecule has 0 aromatic rings. The molecule has 0 spiro atoms. The molecule has 0 aromatic carbocycles. The van der Waals surface area contributed by atoms with E-state index in [0.29, 0.717) is 0 Å². The van der Waals surface area contributed by atoms with Crippen LogP contribution in [0.25, 0.3) is 0 Å². The second kappa shape index (κ2) is 39.7. The number of unbranched alkanes of at least 4 members (excludes halogenated alkanes) is 27. The lowest BCUT2D eigenvalue weighted by Crippen LogP contribution is -2.16. The van der Waals surface area contributed by atoms with Gasteiger partial charge in [-0.15, -0.1) is 0 Å². The zero-order valence-corrected chi connectivity index (χ0v) is 30.2. The maximum atomic E-state index is 8.89. The van der Waals surface area contributed by atoms with Crippen molar-refractivity contribution < 1.29 is 9.90 Å². The molecule has 41 heavy (non-hydrogen) atoms. The Hall–Kier alpha value is -0.313. The third-order valence-corrected chi connectivity index (χ3v) is 11.8. The predicted molar refractivity (Wildman–Crippen MR) is 186 cm³/mol. The summed E-state index contributed by atoms with van der Waals surface area (Å²) in [5, 5.41) is 8.89. The molecule has 246 valence electrons. The van der Waals surface area contributed by atoms with Crippen molar-refractivity contribution in [2.24, 2.45) is 0 Å². The minimum atomic E-state index is -1.08. The monoisotopic (exact) mass is 595 g/mol. The van der Waals surface area contributed by atoms with Gasteiger partial charge in [-0.05, 0) is 26.2 Å². The number of carboxylic acids is 1. The average Bonchev–Trinajstić information content (AvgIpc) is 2.95. The molecule has 0 aliphatic heterocycles. The van der Waals surface area contributed by atoms with Gasteiger partial charge in [-0.25, -0.2) is 0 Å². The molecule has 0 fully saturated rings. The van der Waals surface area contributed by atoms with Crippen LogP contribution in [0.4, 0.5) is 0 Å². The number of rotatable bonds is 33. The van der Waals surface area contributed by atoms with E-state index in [1.54, 1.807) is 37.4 Å². The highest BCUT2D eigenvalue weighted by Crippen LogP contribution is 2.21. The lowest BCUT2D eigenvalue weighted by atomic mass is 10.1. The fourth-order valence-electron chi connectivity index (χ4n) is 5.96. The molecule has 0 aliphatic carbocycles. The van der Waals surface area contributed by atoms with E-state index in [-0.39, 0.29) is 8.80 Å². The second-order valence-electron chi connectivity index (χ2n) is 13.0. The van der Waals surface area contributed by atoms with Gasteiger partial charge in [0.25, 0.3) is 0 Å². The number of hydrogen-bond donors (Lipinski definition) is 0. The van der Waals surface area contributed by atoms with E-state index in [9.17, 15) is 0 Å². The first kappa shape index (κ1) is 42.8. The first-order chi connectivity index (χ1) is 20.1. The van der Waals surface area contributed by atoms with E-state index in [4.69, 9.17) is 9.90 Å². The third kappa shape index (κ3) is 44.3. The Morgan fingerprint density at radius 1 is 0.366 bits per heavy atom. The molecule has 0 unspecified atom stereocenters. The summed E-state index contributed by atoms with van der Waals surface area (Å²) in [5.41, 5.74) is 0. The smallest absolute Gasteiger partial charge is 0.314 e. The molecule has 0 amide bonds. The molecule has 0 radical (unpaired) electrons. The van der Waals surface area contributed by atoms with Crippen molar-refractivity contribution >= 4 is 14.8 Å². The van der Waals surface area contributed by atoms with Crippen LogP contribution in [0.3, 0.4) is 0 Å². The van der Waals surface area contributed by atoms with Crippen molar-refractivity contribution in [2.45, 2.75) is 238 Å². The molecule has 0 aromatic heterocycles. The fourth-order valence-corrected chi connectivity index (χ4v) is 8.96. The van der Waals surface area contributed by atoms with Crippen molar-refractivity contribution in [3.63, 3.8) is 0 Å². The highest BCUT2D eigenvalue weighted by atomic mass is 28.3. The van der Waals surface area contributed by atoms with Gasteiger partial charge in [-0.1, -0.05) is 194 Å². The molecule has 0 heterocycles. The molecule has 2 nitrogen and oxygen atoms in total. The lowest BCUT2D eigenvalue weighted by Gasteiger charge is -2.06. The van der Waals surface area contributed by atoms with Gasteiger partial charge in [0.2, 0.25) is 0 Å². The third-order valence-electron chi connectivity index (χ3n) is 8.65. The normalized spacial score (nSPS) is 10.9. The predicted octanol–water partition coefficient (Wildman–Crippen LogP) is 13.0. The first-order valence-corrected chi connectivity index (χ1v) is 21.2. The van der Waals surface area contributed by atoms with Crippen LogP contribution in [0.5, 0.6) is 0 Å². The average molecular weight is 595 g/mol. The summed E-state index contributed by atoms with van der Waals surface area (Å²) < 4.78 is 0. The first-order valence-electron chi connectivity index (χ1n) is 19.1. The molecular weight excluding hydrogens is 517 g/mol. The van der Waals surface area contributed by atoms with Crippen LogP contribution in [0.1, 0.15) is 220 Å². The van der Waals surface area contributed by atoms with Gasteiger partial charge in [-0.2, -0.15) is 0 Å². The summed E-state index contributed by atoms with van der Waals surface area (Å²) in [7, 11) is -0.0662. The number of hydrogen-bond acceptors (Lipinski definition) is 2. The van der Waals surface area contributed by atoms with E-state index in [1.165, 1.54) is 173 Å². The summed E-state index contributed by atoms with van der Waals surface area (Å²) in [6, 6.07) is 4.90. The minimum Gasteiger partial charge on any atom is -0.550 e. The van der Waals surface area contributed by atoms with Gasteiger partial charge in [0.15, 0.2) is 0 Å². The van der Waals surface area contributed by atoms with Crippen LogP contribution in [0, 0.1) is 0 Å². The van der Waals surface area contributed by atoms with Crippen molar-refractivity contribution in [3.05, 3.63) is 0 Å². The maximum Gasteiger partial charge on any atom is 0.314 e. The highest BCUT2D eigenvalue weighted by molar-refractivity contribution is 6.58. The van der Waals surface area contributed by atoms with Gasteiger partial charge in [-0.3, -0.25) is 0 Å². The summed E-state index contributed by atoms with van der Waals surface area (Å²) in [5.74, 6) is -1.08. The van der Waals surface area contributed by atoms with Gasteiger partial charge in [0.05, 0.1) is 18.1 Å². The van der Waals surface area contributed by atoms with Crippen molar-refractivity contribution in [2.75, 3.05) is 0 Å². The topological polar surface area (TPSA) is 40.1 Å². The molecule has 0 atom stereocenters. The number of carboxylic acid groups (broad SMARTS) is 1. The molecule has 0 saturated carbocycles. The Bertz CT molecular complexity index is 406. The van der Waals surface area contributed by atoms with Crippen molar-refractivity contribution in [3.8, 4) is 0 Å². The number of carbonyl (C=O) groups is 1. The summed E-state index contributed by atoms with van der Waals surface area (Å²) in [4.78, 5) is 8.89. The standard InChI is InChI=1S/C36H75Si.C2H4O2/c1-4-7-10-13-16-19-22-25-28-31-34-37(35-32-29-26-23-20-17-14-11-8-5-2)36-33-30-27-24-21-18-15-12-9-6-3;1-2(3)4/h4-36H2,1-3H3;1H3,(H,3,4)/q+1;/p-1. The van der Waals surface area contributed by atoms with E-state index >= 15 is 0 Å². The number of carbonyl (C=O) groups excluding carboxylic acids is 1. The molecular formula is C38H78O2Si. The molecule has 0 saturated heterocycles. The van der Waals surface area contributed by atoms with Crippen LogP contribution >= 0.6 is 0 Å². The summed E-state index contributed by atoms with van der Waals surface area (Å²) >= 11 is 0.